The number of amides is 1. The third-order valence-corrected chi connectivity index (χ3v) is 4.16. The van der Waals surface area contributed by atoms with Gasteiger partial charge in [0.2, 0.25) is 5.91 Å². The summed E-state index contributed by atoms with van der Waals surface area (Å²) in [4.78, 5) is 36.6. The Balaban J connectivity index is 2.41. The zero-order valence-corrected chi connectivity index (χ0v) is 15.2. The lowest BCUT2D eigenvalue weighted by Crippen LogP contribution is -2.35. The van der Waals surface area contributed by atoms with E-state index in [1.54, 1.807) is 13.8 Å². The molecule has 0 fully saturated rings. The summed E-state index contributed by atoms with van der Waals surface area (Å²) in [6.07, 6.45) is 0. The highest BCUT2D eigenvalue weighted by atomic mass is 16.5. The Morgan fingerprint density at radius 3 is 2.08 bits per heavy atom. The number of benzene rings is 2. The van der Waals surface area contributed by atoms with Crippen molar-refractivity contribution < 1.29 is 23.9 Å². The van der Waals surface area contributed by atoms with E-state index in [1.807, 2.05) is 30.3 Å². The van der Waals surface area contributed by atoms with E-state index in [-0.39, 0.29) is 22.7 Å². The molecule has 0 bridgehead atoms. The van der Waals surface area contributed by atoms with Gasteiger partial charge in [-0.25, -0.2) is 9.59 Å². The van der Waals surface area contributed by atoms with Crippen LogP contribution in [0.3, 0.4) is 0 Å². The lowest BCUT2D eigenvalue weighted by Gasteiger charge is -2.25. The van der Waals surface area contributed by atoms with Crippen LogP contribution in [0.25, 0.3) is 0 Å². The van der Waals surface area contributed by atoms with Gasteiger partial charge in [-0.15, -0.1) is 0 Å². The Morgan fingerprint density at radius 2 is 1.50 bits per heavy atom. The van der Waals surface area contributed by atoms with Gasteiger partial charge in [0.05, 0.1) is 36.4 Å². The van der Waals surface area contributed by atoms with Gasteiger partial charge in [0, 0.05) is 0 Å². The Labute approximate surface area is 152 Å². The maximum absolute atomic E-state index is 12.9. The first-order valence-electron chi connectivity index (χ1n) is 7.99. The third-order valence-electron chi connectivity index (χ3n) is 4.16. The number of ether oxygens (including phenoxy) is 2. The lowest BCUT2D eigenvalue weighted by molar-refractivity contribution is -0.120. The highest BCUT2D eigenvalue weighted by Crippen LogP contribution is 2.27. The molecule has 2 aromatic carbocycles. The number of rotatable bonds is 5. The first-order valence-corrected chi connectivity index (χ1v) is 7.99. The Hall–Kier alpha value is -3.15. The maximum atomic E-state index is 12.9. The van der Waals surface area contributed by atoms with E-state index in [0.29, 0.717) is 0 Å². The fourth-order valence-electron chi connectivity index (χ4n) is 2.44. The summed E-state index contributed by atoms with van der Waals surface area (Å²) >= 11 is 0. The van der Waals surface area contributed by atoms with Crippen LogP contribution in [0.15, 0.2) is 48.5 Å². The van der Waals surface area contributed by atoms with Crippen molar-refractivity contribution in [2.24, 2.45) is 0 Å². The molecule has 0 saturated heterocycles. The fraction of sp³-hybridized carbons (Fsp3) is 0.250. The monoisotopic (exact) mass is 355 g/mol. The molecule has 0 radical (unpaired) electrons. The van der Waals surface area contributed by atoms with Crippen LogP contribution in [0.5, 0.6) is 0 Å². The molecule has 26 heavy (non-hydrogen) atoms. The standard InChI is InChI=1S/C20H21NO5/c1-20(2,14-8-6-5-7-9-14)19(24)21-16-12-13(17(22)25-3)10-11-15(16)18(23)26-4/h5-12H,1-4H3,(H,21,24). The average molecular weight is 355 g/mol. The minimum atomic E-state index is -0.851. The van der Waals surface area contributed by atoms with E-state index < -0.39 is 17.4 Å². The highest BCUT2D eigenvalue weighted by Gasteiger charge is 2.30. The molecule has 0 aromatic heterocycles. The van der Waals surface area contributed by atoms with Crippen molar-refractivity contribution in [1.29, 1.82) is 0 Å². The van der Waals surface area contributed by atoms with Crippen LogP contribution in [-0.4, -0.2) is 32.1 Å². The van der Waals surface area contributed by atoms with Crippen LogP contribution in [0.1, 0.15) is 40.1 Å². The number of methoxy groups -OCH3 is 2. The van der Waals surface area contributed by atoms with E-state index in [9.17, 15) is 14.4 Å². The molecule has 0 atom stereocenters. The number of hydrogen-bond acceptors (Lipinski definition) is 5. The Bertz CT molecular complexity index is 827. The number of anilines is 1. The highest BCUT2D eigenvalue weighted by molar-refractivity contribution is 6.06. The molecule has 1 N–H and O–H groups in total. The number of carbonyl (C=O) groups excluding carboxylic acids is 3. The van der Waals surface area contributed by atoms with Gasteiger partial charge in [-0.1, -0.05) is 30.3 Å². The molecule has 0 saturated carbocycles. The molecule has 0 heterocycles. The van der Waals surface area contributed by atoms with Gasteiger partial charge in [0.15, 0.2) is 0 Å². The predicted molar refractivity (Wildman–Crippen MR) is 97.2 cm³/mol. The molecule has 0 aliphatic carbocycles. The third kappa shape index (κ3) is 3.91. The van der Waals surface area contributed by atoms with Crippen LogP contribution >= 0.6 is 0 Å². The molecular formula is C20H21NO5. The van der Waals surface area contributed by atoms with Crippen LogP contribution in [0.2, 0.25) is 0 Å². The second kappa shape index (κ2) is 7.82. The molecule has 0 aliphatic heterocycles. The van der Waals surface area contributed by atoms with Crippen molar-refractivity contribution in [3.63, 3.8) is 0 Å². The van der Waals surface area contributed by atoms with Crippen LogP contribution in [0, 0.1) is 0 Å². The molecule has 6 heteroatoms. The molecule has 0 aliphatic rings. The second-order valence-corrected chi connectivity index (χ2v) is 6.19. The topological polar surface area (TPSA) is 81.7 Å². The predicted octanol–water partition coefficient (Wildman–Crippen LogP) is 3.18. The summed E-state index contributed by atoms with van der Waals surface area (Å²) in [5.41, 5.74) is 0.524. The van der Waals surface area contributed by atoms with Gasteiger partial charge in [-0.3, -0.25) is 4.79 Å². The van der Waals surface area contributed by atoms with E-state index in [2.05, 4.69) is 5.32 Å². The van der Waals surface area contributed by atoms with Crippen molar-refractivity contribution >= 4 is 23.5 Å². The molecule has 0 spiro atoms. The van der Waals surface area contributed by atoms with Gasteiger partial charge in [0.1, 0.15) is 0 Å². The minimum Gasteiger partial charge on any atom is -0.465 e. The average Bonchev–Trinajstić information content (AvgIpc) is 2.67. The van der Waals surface area contributed by atoms with Gasteiger partial charge in [-0.05, 0) is 37.6 Å². The summed E-state index contributed by atoms with van der Waals surface area (Å²) in [5, 5.41) is 2.74. The summed E-state index contributed by atoms with van der Waals surface area (Å²) in [5.74, 6) is -1.51. The lowest BCUT2D eigenvalue weighted by atomic mass is 9.83. The Morgan fingerprint density at radius 1 is 0.885 bits per heavy atom. The quantitative estimate of drug-likeness (QED) is 0.833. The molecule has 2 rings (SSSR count). The number of hydrogen-bond donors (Lipinski definition) is 1. The number of esters is 2. The van der Waals surface area contributed by atoms with E-state index in [0.717, 1.165) is 5.56 Å². The Kier molecular flexibility index (Phi) is 5.77. The van der Waals surface area contributed by atoms with Crippen molar-refractivity contribution in [2.45, 2.75) is 19.3 Å². The molecule has 0 unspecified atom stereocenters. The molecular weight excluding hydrogens is 334 g/mol. The largest absolute Gasteiger partial charge is 0.465 e. The minimum absolute atomic E-state index is 0.150. The first kappa shape index (κ1) is 19.2. The van der Waals surface area contributed by atoms with Gasteiger partial charge < -0.3 is 14.8 Å². The van der Waals surface area contributed by atoms with Crippen LogP contribution in [0.4, 0.5) is 5.69 Å². The summed E-state index contributed by atoms with van der Waals surface area (Å²) in [6, 6.07) is 13.5. The normalized spacial score (nSPS) is 10.8. The zero-order valence-electron chi connectivity index (χ0n) is 15.2. The van der Waals surface area contributed by atoms with Crippen molar-refractivity contribution in [3.8, 4) is 0 Å². The van der Waals surface area contributed by atoms with E-state index in [4.69, 9.17) is 9.47 Å². The molecule has 2 aromatic rings. The smallest absolute Gasteiger partial charge is 0.339 e. The summed E-state index contributed by atoms with van der Waals surface area (Å²) < 4.78 is 9.44. The fourth-order valence-corrected chi connectivity index (χ4v) is 2.44. The van der Waals surface area contributed by atoms with E-state index in [1.165, 1.54) is 32.4 Å². The van der Waals surface area contributed by atoms with Crippen molar-refractivity contribution in [1.82, 2.24) is 0 Å². The van der Waals surface area contributed by atoms with Gasteiger partial charge in [0.25, 0.3) is 0 Å². The number of nitrogens with one attached hydrogen (secondary N) is 1. The maximum Gasteiger partial charge on any atom is 0.339 e. The van der Waals surface area contributed by atoms with E-state index >= 15 is 0 Å². The van der Waals surface area contributed by atoms with Gasteiger partial charge >= 0.3 is 11.9 Å². The first-order chi connectivity index (χ1) is 12.3. The van der Waals surface area contributed by atoms with Crippen molar-refractivity contribution in [2.75, 3.05) is 19.5 Å². The van der Waals surface area contributed by atoms with Crippen LogP contribution in [-0.2, 0) is 19.7 Å². The number of carbonyl (C=O) groups is 3. The SMILES string of the molecule is COC(=O)c1ccc(C(=O)OC)c(NC(=O)C(C)(C)c2ccccc2)c1. The summed E-state index contributed by atoms with van der Waals surface area (Å²) in [6.45, 7) is 3.55. The zero-order chi connectivity index (χ0) is 19.3. The van der Waals surface area contributed by atoms with Gasteiger partial charge in [-0.2, -0.15) is 0 Å². The summed E-state index contributed by atoms with van der Waals surface area (Å²) in [7, 11) is 2.50. The van der Waals surface area contributed by atoms with Crippen molar-refractivity contribution in [3.05, 3.63) is 65.2 Å². The van der Waals surface area contributed by atoms with Crippen LogP contribution < -0.4 is 5.32 Å². The molecule has 136 valence electrons. The molecule has 1 amide bonds. The molecule has 6 nitrogen and oxygen atoms in total. The second-order valence-electron chi connectivity index (χ2n) is 6.19.